The number of rotatable bonds is 6. The number of aryl methyl sites for hydroxylation is 1. The molecule has 0 fully saturated rings. The van der Waals surface area contributed by atoms with Crippen LogP contribution in [-0.4, -0.2) is 24.0 Å². The van der Waals surface area contributed by atoms with Crippen LogP contribution in [0.4, 0.5) is 15.8 Å². The summed E-state index contributed by atoms with van der Waals surface area (Å²) in [5.74, 6) is -0.644. The van der Waals surface area contributed by atoms with E-state index in [4.69, 9.17) is 9.40 Å². The summed E-state index contributed by atoms with van der Waals surface area (Å²) in [6.07, 6.45) is 5.64. The van der Waals surface area contributed by atoms with E-state index < -0.39 is 17.2 Å². The van der Waals surface area contributed by atoms with Crippen molar-refractivity contribution in [3.8, 4) is 11.5 Å². The molecule has 3 aliphatic rings. The smallest absolute Gasteiger partial charge is 0.259 e. The maximum Gasteiger partial charge on any atom is 0.259 e. The number of nitrogens with one attached hydrogen (secondary N) is 1. The van der Waals surface area contributed by atoms with Gasteiger partial charge in [0.25, 0.3) is 5.91 Å². The molecular formula is C27H26FN3O3. The van der Waals surface area contributed by atoms with Gasteiger partial charge in [-0.2, -0.15) is 0 Å². The molecule has 7 heteroatoms. The SMILES string of the molecule is CCCCCN1CCCc2cc3nc4cc(C(=O)Nc5ccc(F)cc5)c(=O)cc-4oc3cc21. The Balaban J connectivity index is 1.49. The molecule has 1 aliphatic carbocycles. The summed E-state index contributed by atoms with van der Waals surface area (Å²) in [5, 5.41) is 2.63. The van der Waals surface area contributed by atoms with Crippen LogP contribution in [-0.2, 0) is 6.42 Å². The monoisotopic (exact) mass is 459 g/mol. The number of benzene rings is 3. The van der Waals surface area contributed by atoms with Crippen LogP contribution in [0.2, 0.25) is 0 Å². The highest BCUT2D eigenvalue weighted by molar-refractivity contribution is 6.05. The van der Waals surface area contributed by atoms with Crippen molar-refractivity contribution in [2.45, 2.75) is 39.0 Å². The van der Waals surface area contributed by atoms with Crippen LogP contribution in [0.5, 0.6) is 0 Å². The maximum atomic E-state index is 13.1. The predicted molar refractivity (Wildman–Crippen MR) is 131 cm³/mol. The van der Waals surface area contributed by atoms with E-state index in [-0.39, 0.29) is 5.56 Å². The number of fused-ring (bicyclic) bond motifs is 3. The van der Waals surface area contributed by atoms with Crippen molar-refractivity contribution in [3.05, 3.63) is 75.7 Å². The lowest BCUT2D eigenvalue weighted by Crippen LogP contribution is -2.30. The first-order valence-corrected chi connectivity index (χ1v) is 11.8. The molecule has 0 atom stereocenters. The molecule has 0 saturated carbocycles. The molecule has 174 valence electrons. The van der Waals surface area contributed by atoms with Gasteiger partial charge in [-0.1, -0.05) is 19.8 Å². The highest BCUT2D eigenvalue weighted by atomic mass is 19.1. The first-order valence-electron chi connectivity index (χ1n) is 11.8. The predicted octanol–water partition coefficient (Wildman–Crippen LogP) is 5.63. The second kappa shape index (κ2) is 9.25. The number of anilines is 2. The number of hydrogen-bond donors (Lipinski definition) is 1. The van der Waals surface area contributed by atoms with Crippen molar-refractivity contribution in [2.24, 2.45) is 0 Å². The Kier molecular flexibility index (Phi) is 6.01. The van der Waals surface area contributed by atoms with Gasteiger partial charge in [-0.05, 0) is 61.2 Å². The van der Waals surface area contributed by atoms with Crippen molar-refractivity contribution in [2.75, 3.05) is 23.3 Å². The van der Waals surface area contributed by atoms with E-state index >= 15 is 0 Å². The van der Waals surface area contributed by atoms with Gasteiger partial charge in [0, 0.05) is 36.6 Å². The molecule has 2 aromatic rings. The van der Waals surface area contributed by atoms with Crippen molar-refractivity contribution >= 4 is 28.4 Å². The normalized spacial score (nSPS) is 13.3. The Morgan fingerprint density at radius 1 is 1.15 bits per heavy atom. The number of carbonyl (C=O) groups excluding carboxylic acids is 1. The van der Waals surface area contributed by atoms with Gasteiger partial charge >= 0.3 is 0 Å². The minimum absolute atomic E-state index is 0.0427. The lowest BCUT2D eigenvalue weighted by atomic mass is 10.00. The highest BCUT2D eigenvalue weighted by Crippen LogP contribution is 2.34. The Morgan fingerprint density at radius 3 is 2.76 bits per heavy atom. The number of halogens is 1. The average Bonchev–Trinajstić information content (AvgIpc) is 2.83. The lowest BCUT2D eigenvalue weighted by Gasteiger charge is -2.31. The Labute approximate surface area is 196 Å². The standard InChI is InChI=1S/C27H26FN3O3/c1-2-3-4-11-31-12-5-6-17-13-21-25(15-23(17)31)34-26-16-24(32)20(14-22(26)30-21)27(33)29-19-9-7-18(28)8-10-19/h7-10,13-16H,2-6,11-12H2,1H3,(H,29,33). The molecule has 0 spiro atoms. The summed E-state index contributed by atoms with van der Waals surface area (Å²) < 4.78 is 19.2. The molecule has 2 aliphatic heterocycles. The van der Waals surface area contributed by atoms with Crippen LogP contribution in [0.1, 0.15) is 48.5 Å². The second-order valence-electron chi connectivity index (χ2n) is 8.74. The quantitative estimate of drug-likeness (QED) is 0.299. The fourth-order valence-corrected chi connectivity index (χ4v) is 4.51. The first kappa shape index (κ1) is 22.1. The first-order chi connectivity index (χ1) is 16.5. The zero-order valence-corrected chi connectivity index (χ0v) is 19.1. The van der Waals surface area contributed by atoms with E-state index in [1.807, 2.05) is 6.07 Å². The molecule has 0 radical (unpaired) electrons. The second-order valence-corrected chi connectivity index (χ2v) is 8.74. The molecule has 34 heavy (non-hydrogen) atoms. The van der Waals surface area contributed by atoms with E-state index in [2.05, 4.69) is 23.2 Å². The van der Waals surface area contributed by atoms with E-state index in [1.54, 1.807) is 0 Å². The van der Waals surface area contributed by atoms with Crippen molar-refractivity contribution in [1.82, 2.24) is 4.98 Å². The Morgan fingerprint density at radius 2 is 1.97 bits per heavy atom. The van der Waals surface area contributed by atoms with Gasteiger partial charge in [0.15, 0.2) is 16.8 Å². The molecule has 0 bridgehead atoms. The van der Waals surface area contributed by atoms with Crippen molar-refractivity contribution in [1.29, 1.82) is 0 Å². The summed E-state index contributed by atoms with van der Waals surface area (Å²) in [4.78, 5) is 32.5. The molecule has 1 N–H and O–H groups in total. The number of amides is 1. The maximum absolute atomic E-state index is 13.1. The number of aromatic nitrogens is 1. The van der Waals surface area contributed by atoms with Crippen LogP contribution >= 0.6 is 0 Å². The third-order valence-corrected chi connectivity index (χ3v) is 6.28. The highest BCUT2D eigenvalue weighted by Gasteiger charge is 2.21. The Bertz CT molecular complexity index is 1380. The fourth-order valence-electron chi connectivity index (χ4n) is 4.51. The van der Waals surface area contributed by atoms with Crippen molar-refractivity contribution in [3.63, 3.8) is 0 Å². The van der Waals surface area contributed by atoms with Crippen LogP contribution in [0.3, 0.4) is 0 Å². The zero-order valence-electron chi connectivity index (χ0n) is 19.1. The van der Waals surface area contributed by atoms with E-state index in [0.717, 1.165) is 32.4 Å². The van der Waals surface area contributed by atoms with Crippen LogP contribution in [0.15, 0.2) is 57.7 Å². The van der Waals surface area contributed by atoms with Gasteiger partial charge < -0.3 is 14.6 Å². The number of hydrogen-bond acceptors (Lipinski definition) is 5. The molecular weight excluding hydrogens is 433 g/mol. The minimum Gasteiger partial charge on any atom is -0.453 e. The minimum atomic E-state index is -0.575. The number of nitrogens with zero attached hydrogens (tertiary/aromatic N) is 2. The molecule has 0 saturated heterocycles. The summed E-state index contributed by atoms with van der Waals surface area (Å²) >= 11 is 0. The molecule has 5 rings (SSSR count). The van der Waals surface area contributed by atoms with Gasteiger partial charge in [0.05, 0.1) is 5.56 Å². The molecule has 2 heterocycles. The third-order valence-electron chi connectivity index (χ3n) is 6.28. The van der Waals surface area contributed by atoms with E-state index in [9.17, 15) is 14.0 Å². The van der Waals surface area contributed by atoms with Crippen molar-refractivity contribution < 1.29 is 13.6 Å². The summed E-state index contributed by atoms with van der Waals surface area (Å²) in [5.41, 5.74) is 4.07. The van der Waals surface area contributed by atoms with E-state index in [0.29, 0.717) is 28.2 Å². The van der Waals surface area contributed by atoms with Crippen LogP contribution in [0, 0.1) is 5.82 Å². The summed E-state index contributed by atoms with van der Waals surface area (Å²) in [7, 11) is 0. The van der Waals surface area contributed by atoms with Crippen LogP contribution in [0.25, 0.3) is 22.6 Å². The van der Waals surface area contributed by atoms with Crippen LogP contribution < -0.4 is 15.6 Å². The van der Waals surface area contributed by atoms with E-state index in [1.165, 1.54) is 60.5 Å². The molecule has 2 aromatic carbocycles. The van der Waals surface area contributed by atoms with Gasteiger partial charge in [-0.15, -0.1) is 0 Å². The number of unbranched alkanes of at least 4 members (excludes halogenated alkanes) is 2. The summed E-state index contributed by atoms with van der Waals surface area (Å²) in [6.45, 7) is 4.25. The molecule has 0 unspecified atom stereocenters. The van der Waals surface area contributed by atoms with Gasteiger partial charge in [0.2, 0.25) is 0 Å². The summed E-state index contributed by atoms with van der Waals surface area (Å²) in [6, 6.07) is 12.2. The van der Waals surface area contributed by atoms with Gasteiger partial charge in [-0.3, -0.25) is 9.59 Å². The van der Waals surface area contributed by atoms with Gasteiger partial charge in [-0.25, -0.2) is 9.37 Å². The topological polar surface area (TPSA) is 75.4 Å². The van der Waals surface area contributed by atoms with Gasteiger partial charge in [0.1, 0.15) is 17.0 Å². The molecule has 0 aromatic heterocycles. The third kappa shape index (κ3) is 4.38. The molecule has 1 amide bonds. The lowest BCUT2D eigenvalue weighted by molar-refractivity contribution is 0.102. The molecule has 6 nitrogen and oxygen atoms in total. The number of carbonyl (C=O) groups is 1. The fraction of sp³-hybridized carbons (Fsp3) is 0.296. The Hall–Kier alpha value is -3.74. The zero-order chi connectivity index (χ0) is 23.7. The largest absolute Gasteiger partial charge is 0.453 e. The average molecular weight is 460 g/mol.